The summed E-state index contributed by atoms with van der Waals surface area (Å²) in [4.78, 5) is 11.6. The normalized spacial score (nSPS) is 15.5. The zero-order valence-electron chi connectivity index (χ0n) is 14.2. The number of rotatable bonds is 5. The van der Waals surface area contributed by atoms with Crippen LogP contribution >= 0.6 is 11.8 Å². The first-order chi connectivity index (χ1) is 11.8. The molecular weight excluding hydrogens is 318 g/mol. The van der Waals surface area contributed by atoms with E-state index in [9.17, 15) is 0 Å². The van der Waals surface area contributed by atoms with E-state index in [0.29, 0.717) is 0 Å². The van der Waals surface area contributed by atoms with Gasteiger partial charge in [-0.15, -0.1) is 0 Å². The van der Waals surface area contributed by atoms with E-state index in [4.69, 9.17) is 9.73 Å². The van der Waals surface area contributed by atoms with Crippen molar-refractivity contribution in [3.05, 3.63) is 59.9 Å². The average molecular weight is 341 g/mol. The number of hydrogen-bond donors (Lipinski definition) is 0. The summed E-state index contributed by atoms with van der Waals surface area (Å²) < 4.78 is 5.27. The first kappa shape index (κ1) is 16.8. The molecule has 126 valence electrons. The topological polar surface area (TPSA) is 37.7 Å². The molecule has 2 aromatic rings. The summed E-state index contributed by atoms with van der Waals surface area (Å²) in [5, 5.41) is 1.12. The molecule has 3 rings (SSSR count). The first-order valence-corrected chi connectivity index (χ1v) is 9.24. The van der Waals surface area contributed by atoms with Crippen LogP contribution < -0.4 is 4.74 Å². The summed E-state index contributed by atoms with van der Waals surface area (Å²) in [7, 11) is 1.69. The molecule has 0 amide bonds. The van der Waals surface area contributed by atoms with Gasteiger partial charge in [-0.1, -0.05) is 30.0 Å². The highest BCUT2D eigenvalue weighted by Crippen LogP contribution is 2.29. The molecule has 4 nitrogen and oxygen atoms in total. The van der Waals surface area contributed by atoms with Gasteiger partial charge in [-0.25, -0.2) is 0 Å². The molecule has 0 saturated carbocycles. The number of nitrogens with zero attached hydrogens (tertiary/aromatic N) is 3. The van der Waals surface area contributed by atoms with Gasteiger partial charge in [-0.05, 0) is 43.2 Å². The maximum atomic E-state index is 5.27. The Bertz CT molecular complexity index is 673. The average Bonchev–Trinajstić information content (AvgIpc) is 2.67. The van der Waals surface area contributed by atoms with E-state index in [1.54, 1.807) is 7.11 Å². The van der Waals surface area contributed by atoms with Gasteiger partial charge >= 0.3 is 0 Å². The molecule has 1 unspecified atom stereocenters. The van der Waals surface area contributed by atoms with Crippen LogP contribution in [0.25, 0.3) is 0 Å². The highest BCUT2D eigenvalue weighted by Gasteiger charge is 2.22. The molecule has 1 aromatic carbocycles. The molecule has 0 radical (unpaired) electrons. The van der Waals surface area contributed by atoms with Gasteiger partial charge in [0.05, 0.1) is 25.4 Å². The fraction of sp³-hybridized carbons (Fsp3) is 0.368. The summed E-state index contributed by atoms with van der Waals surface area (Å²) in [5.41, 5.74) is 2.31. The smallest absolute Gasteiger partial charge is 0.160 e. The van der Waals surface area contributed by atoms with Gasteiger partial charge in [0.2, 0.25) is 0 Å². The predicted octanol–water partition coefficient (Wildman–Crippen LogP) is 4.15. The van der Waals surface area contributed by atoms with Crippen LogP contribution in [-0.2, 0) is 6.54 Å². The maximum absolute atomic E-state index is 5.27. The largest absolute Gasteiger partial charge is 0.497 e. The third-order valence-electron chi connectivity index (χ3n) is 4.15. The molecule has 0 spiro atoms. The maximum Gasteiger partial charge on any atom is 0.160 e. The molecule has 1 aromatic heterocycles. The minimum absolute atomic E-state index is 0.224. The Balaban J connectivity index is 1.86. The molecule has 5 heteroatoms. The summed E-state index contributed by atoms with van der Waals surface area (Å²) in [5.74, 6) is 2.01. The van der Waals surface area contributed by atoms with Crippen molar-refractivity contribution in [3.8, 4) is 5.75 Å². The molecule has 0 saturated heterocycles. The van der Waals surface area contributed by atoms with Crippen molar-refractivity contribution in [1.82, 2.24) is 9.88 Å². The van der Waals surface area contributed by atoms with E-state index in [1.807, 2.05) is 42.2 Å². The lowest BCUT2D eigenvalue weighted by Crippen LogP contribution is -2.33. The fourth-order valence-electron chi connectivity index (χ4n) is 2.72. The molecule has 24 heavy (non-hydrogen) atoms. The molecule has 0 aliphatic carbocycles. The zero-order valence-corrected chi connectivity index (χ0v) is 15.0. The van der Waals surface area contributed by atoms with Gasteiger partial charge in [0.15, 0.2) is 5.17 Å². The van der Waals surface area contributed by atoms with E-state index in [2.05, 4.69) is 35.0 Å². The van der Waals surface area contributed by atoms with Crippen LogP contribution in [-0.4, -0.2) is 34.5 Å². The Labute approximate surface area is 148 Å². The van der Waals surface area contributed by atoms with Gasteiger partial charge < -0.3 is 9.64 Å². The van der Waals surface area contributed by atoms with Gasteiger partial charge in [-0.3, -0.25) is 9.98 Å². The van der Waals surface area contributed by atoms with E-state index in [-0.39, 0.29) is 6.04 Å². The van der Waals surface area contributed by atoms with Crippen LogP contribution in [0.15, 0.2) is 53.7 Å². The monoisotopic (exact) mass is 341 g/mol. The van der Waals surface area contributed by atoms with Crippen LogP contribution in [0.2, 0.25) is 0 Å². The molecule has 1 aliphatic heterocycles. The Hall–Kier alpha value is -2.01. The highest BCUT2D eigenvalue weighted by molar-refractivity contribution is 8.13. The van der Waals surface area contributed by atoms with Crippen LogP contribution in [0.3, 0.4) is 0 Å². The van der Waals surface area contributed by atoms with Crippen molar-refractivity contribution >= 4 is 16.9 Å². The minimum Gasteiger partial charge on any atom is -0.497 e. The van der Waals surface area contributed by atoms with Crippen molar-refractivity contribution < 1.29 is 4.74 Å². The van der Waals surface area contributed by atoms with Crippen molar-refractivity contribution in [3.63, 3.8) is 0 Å². The van der Waals surface area contributed by atoms with Crippen LogP contribution in [0.4, 0.5) is 0 Å². The van der Waals surface area contributed by atoms with Gasteiger partial charge in [-0.2, -0.15) is 0 Å². The third-order valence-corrected chi connectivity index (χ3v) is 5.27. The Morgan fingerprint density at radius 1 is 1.21 bits per heavy atom. The Morgan fingerprint density at radius 3 is 2.67 bits per heavy atom. The number of thioether (sulfide) groups is 1. The lowest BCUT2D eigenvalue weighted by Gasteiger charge is -2.33. The second-order valence-corrected chi connectivity index (χ2v) is 6.83. The lowest BCUT2D eigenvalue weighted by molar-refractivity contribution is 0.330. The van der Waals surface area contributed by atoms with Crippen LogP contribution in [0, 0.1) is 0 Å². The summed E-state index contributed by atoms with van der Waals surface area (Å²) in [6.07, 6.45) is 3.00. The second kappa shape index (κ2) is 8.20. The molecule has 0 N–H and O–H groups in total. The van der Waals surface area contributed by atoms with Crippen molar-refractivity contribution in [2.45, 2.75) is 25.9 Å². The van der Waals surface area contributed by atoms with E-state index in [1.165, 1.54) is 5.56 Å². The molecule has 2 heterocycles. The number of hydrogen-bond acceptors (Lipinski definition) is 5. The molecule has 0 bridgehead atoms. The molecule has 0 fully saturated rings. The number of aromatic nitrogens is 1. The number of benzene rings is 1. The quantitative estimate of drug-likeness (QED) is 0.819. The standard InChI is InChI=1S/C19H23N3OS/c1-15(16-7-9-18(23-2)10-8-16)22(19-21-12-5-13-24-19)14-17-6-3-4-11-20-17/h3-4,6-11,15H,5,12-14H2,1-2H3. The summed E-state index contributed by atoms with van der Waals surface area (Å²) in [6, 6.07) is 14.6. The highest BCUT2D eigenvalue weighted by atomic mass is 32.2. The molecule has 1 aliphatic rings. The fourth-order valence-corrected chi connectivity index (χ4v) is 3.75. The number of amidine groups is 1. The Morgan fingerprint density at radius 2 is 2.04 bits per heavy atom. The lowest BCUT2D eigenvalue weighted by atomic mass is 10.1. The van der Waals surface area contributed by atoms with Crippen molar-refractivity contribution in [2.24, 2.45) is 4.99 Å². The number of pyridine rings is 1. The minimum atomic E-state index is 0.224. The van der Waals surface area contributed by atoms with E-state index < -0.39 is 0 Å². The zero-order chi connectivity index (χ0) is 16.8. The van der Waals surface area contributed by atoms with E-state index in [0.717, 1.165) is 41.9 Å². The van der Waals surface area contributed by atoms with Gasteiger partial charge in [0.1, 0.15) is 5.75 Å². The number of methoxy groups -OCH3 is 1. The van der Waals surface area contributed by atoms with Crippen molar-refractivity contribution in [2.75, 3.05) is 19.4 Å². The van der Waals surface area contributed by atoms with Gasteiger partial charge in [0.25, 0.3) is 0 Å². The van der Waals surface area contributed by atoms with Crippen molar-refractivity contribution in [1.29, 1.82) is 0 Å². The predicted molar refractivity (Wildman–Crippen MR) is 101 cm³/mol. The second-order valence-electron chi connectivity index (χ2n) is 5.76. The SMILES string of the molecule is COc1ccc(C(C)N(Cc2ccccn2)C2=NCCCS2)cc1. The number of aliphatic imine (C=N–C) groups is 1. The third kappa shape index (κ3) is 4.09. The van der Waals surface area contributed by atoms with Gasteiger partial charge in [0, 0.05) is 18.5 Å². The Kier molecular flexibility index (Phi) is 5.75. The van der Waals surface area contributed by atoms with Crippen LogP contribution in [0.5, 0.6) is 5.75 Å². The first-order valence-electron chi connectivity index (χ1n) is 8.25. The molecular formula is C19H23N3OS. The number of ether oxygens (including phenoxy) is 1. The summed E-state index contributed by atoms with van der Waals surface area (Å²) in [6.45, 7) is 3.90. The van der Waals surface area contributed by atoms with Crippen LogP contribution in [0.1, 0.15) is 30.6 Å². The molecule has 1 atom stereocenters. The summed E-state index contributed by atoms with van der Waals surface area (Å²) >= 11 is 1.84. The van der Waals surface area contributed by atoms with E-state index >= 15 is 0 Å².